The molecule has 1 aliphatic carbocycles. The minimum Gasteiger partial charge on any atom is -0.353 e. The van der Waals surface area contributed by atoms with Crippen LogP contribution in [0.15, 0.2) is 17.1 Å². The summed E-state index contributed by atoms with van der Waals surface area (Å²) in [5.74, 6) is -0.492. The molecule has 3 rings (SSSR count). The fourth-order valence-electron chi connectivity index (χ4n) is 2.72. The number of aliphatic imine (C=N–C) groups is 1. The fourth-order valence-corrected chi connectivity index (χ4v) is 2.72. The molecule has 2 aliphatic rings. The molecule has 24 heavy (non-hydrogen) atoms. The predicted octanol–water partition coefficient (Wildman–Crippen LogP) is 1.52. The lowest BCUT2D eigenvalue weighted by Gasteiger charge is -2.32. The average Bonchev–Trinajstić information content (AvgIpc) is 3.34. The van der Waals surface area contributed by atoms with E-state index >= 15 is 0 Å². The summed E-state index contributed by atoms with van der Waals surface area (Å²) < 4.78 is 27.4. The lowest BCUT2D eigenvalue weighted by Crippen LogP contribution is -2.45. The molecule has 1 aromatic rings. The van der Waals surface area contributed by atoms with Crippen LogP contribution in [0.25, 0.3) is 0 Å². The highest BCUT2D eigenvalue weighted by atomic mass is 19.1. The normalized spacial score (nSPS) is 17.5. The van der Waals surface area contributed by atoms with E-state index in [9.17, 15) is 13.6 Å². The van der Waals surface area contributed by atoms with E-state index in [1.165, 1.54) is 11.0 Å². The Labute approximate surface area is 140 Å². The van der Waals surface area contributed by atoms with Crippen molar-refractivity contribution >= 4 is 11.9 Å². The highest BCUT2D eigenvalue weighted by Crippen LogP contribution is 2.24. The standard InChI is InChI=1S/C17H22F2N4O/c1-22(2)16(24)9-20-17(21-13-3-4-13)23-6-5-14-11(10-23)7-12(18)8-15(14)19/h7-8,13H,3-6,9-10H2,1-2H3,(H,20,21). The van der Waals surface area contributed by atoms with E-state index in [-0.39, 0.29) is 12.5 Å². The van der Waals surface area contributed by atoms with Crippen molar-refractivity contribution < 1.29 is 13.6 Å². The smallest absolute Gasteiger partial charge is 0.243 e. The van der Waals surface area contributed by atoms with Gasteiger partial charge in [-0.05, 0) is 36.5 Å². The van der Waals surface area contributed by atoms with Crippen molar-refractivity contribution in [2.24, 2.45) is 4.99 Å². The van der Waals surface area contributed by atoms with Gasteiger partial charge in [-0.3, -0.25) is 4.79 Å². The molecule has 0 aromatic heterocycles. The molecule has 1 amide bonds. The number of carbonyl (C=O) groups excluding carboxylic acids is 1. The zero-order valence-electron chi connectivity index (χ0n) is 14.0. The Morgan fingerprint density at radius 1 is 1.38 bits per heavy atom. The predicted molar refractivity (Wildman–Crippen MR) is 87.6 cm³/mol. The number of benzene rings is 1. The first-order valence-corrected chi connectivity index (χ1v) is 8.17. The van der Waals surface area contributed by atoms with E-state index in [4.69, 9.17) is 0 Å². The van der Waals surface area contributed by atoms with Crippen LogP contribution < -0.4 is 5.32 Å². The van der Waals surface area contributed by atoms with Crippen molar-refractivity contribution in [2.75, 3.05) is 27.2 Å². The van der Waals surface area contributed by atoms with Crippen LogP contribution in [-0.4, -0.2) is 54.9 Å². The Hall–Kier alpha value is -2.18. The average molecular weight is 336 g/mol. The lowest BCUT2D eigenvalue weighted by molar-refractivity contribution is -0.127. The number of likely N-dealkylation sites (N-methyl/N-ethyl adjacent to an activating group) is 1. The second-order valence-corrected chi connectivity index (χ2v) is 6.54. The van der Waals surface area contributed by atoms with Crippen LogP contribution in [-0.2, 0) is 17.8 Å². The van der Waals surface area contributed by atoms with E-state index in [1.54, 1.807) is 14.1 Å². The topological polar surface area (TPSA) is 47.9 Å². The van der Waals surface area contributed by atoms with Gasteiger partial charge in [0.2, 0.25) is 5.91 Å². The number of hydrogen-bond donors (Lipinski definition) is 1. The molecule has 1 heterocycles. The van der Waals surface area contributed by atoms with Crippen LogP contribution >= 0.6 is 0 Å². The SMILES string of the molecule is CN(C)C(=O)CN=C(NC1CC1)N1CCc2c(F)cc(F)cc2C1. The third-order valence-corrected chi connectivity index (χ3v) is 4.32. The van der Waals surface area contributed by atoms with Crippen LogP contribution in [0.2, 0.25) is 0 Å². The highest BCUT2D eigenvalue weighted by Gasteiger charge is 2.28. The third-order valence-electron chi connectivity index (χ3n) is 4.32. The van der Waals surface area contributed by atoms with Gasteiger partial charge >= 0.3 is 0 Å². The van der Waals surface area contributed by atoms with Crippen LogP contribution in [0.1, 0.15) is 24.0 Å². The number of rotatable bonds is 3. The van der Waals surface area contributed by atoms with Gasteiger partial charge in [-0.25, -0.2) is 13.8 Å². The Bertz CT molecular complexity index is 671. The molecule has 0 spiro atoms. The van der Waals surface area contributed by atoms with Crippen LogP contribution in [0.3, 0.4) is 0 Å². The maximum absolute atomic E-state index is 13.9. The van der Waals surface area contributed by atoms with Gasteiger partial charge in [-0.15, -0.1) is 0 Å². The molecule has 1 fully saturated rings. The molecule has 0 saturated heterocycles. The molecule has 1 aliphatic heterocycles. The summed E-state index contributed by atoms with van der Waals surface area (Å²) in [6, 6.07) is 2.69. The number of nitrogens with one attached hydrogen (secondary N) is 1. The van der Waals surface area contributed by atoms with E-state index in [2.05, 4.69) is 10.3 Å². The molecule has 1 aromatic carbocycles. The van der Waals surface area contributed by atoms with Crippen molar-refractivity contribution in [3.05, 3.63) is 34.9 Å². The van der Waals surface area contributed by atoms with E-state index < -0.39 is 11.6 Å². The van der Waals surface area contributed by atoms with Gasteiger partial charge in [0.15, 0.2) is 5.96 Å². The van der Waals surface area contributed by atoms with Crippen LogP contribution in [0, 0.1) is 11.6 Å². The first kappa shape index (κ1) is 16.7. The van der Waals surface area contributed by atoms with Gasteiger partial charge in [0, 0.05) is 39.3 Å². The Kier molecular flexibility index (Phi) is 4.69. The zero-order valence-corrected chi connectivity index (χ0v) is 14.0. The van der Waals surface area contributed by atoms with E-state index in [0.29, 0.717) is 42.6 Å². The highest BCUT2D eigenvalue weighted by molar-refractivity contribution is 5.85. The molecular formula is C17H22F2N4O. The number of amides is 1. The van der Waals surface area contributed by atoms with Gasteiger partial charge < -0.3 is 15.1 Å². The molecule has 0 bridgehead atoms. The van der Waals surface area contributed by atoms with Gasteiger partial charge in [0.25, 0.3) is 0 Å². The minimum atomic E-state index is -0.565. The number of nitrogens with zero attached hydrogens (tertiary/aromatic N) is 3. The van der Waals surface area contributed by atoms with Gasteiger partial charge in [0.1, 0.15) is 18.2 Å². The summed E-state index contributed by atoms with van der Waals surface area (Å²) in [6.45, 7) is 1.03. The van der Waals surface area contributed by atoms with Crippen molar-refractivity contribution in [1.29, 1.82) is 0 Å². The van der Waals surface area contributed by atoms with Gasteiger partial charge in [0.05, 0.1) is 0 Å². The lowest BCUT2D eigenvalue weighted by atomic mass is 9.99. The van der Waals surface area contributed by atoms with Gasteiger partial charge in [-0.2, -0.15) is 0 Å². The number of hydrogen-bond acceptors (Lipinski definition) is 2. The largest absolute Gasteiger partial charge is 0.353 e. The first-order chi connectivity index (χ1) is 11.4. The molecule has 1 saturated carbocycles. The monoisotopic (exact) mass is 336 g/mol. The van der Waals surface area contributed by atoms with Crippen molar-refractivity contribution in [3.63, 3.8) is 0 Å². The van der Waals surface area contributed by atoms with Gasteiger partial charge in [-0.1, -0.05) is 0 Å². The van der Waals surface area contributed by atoms with E-state index in [1.807, 2.05) is 4.90 Å². The fraction of sp³-hybridized carbons (Fsp3) is 0.529. The Balaban J connectivity index is 1.78. The van der Waals surface area contributed by atoms with Crippen molar-refractivity contribution in [3.8, 4) is 0 Å². The summed E-state index contributed by atoms with van der Waals surface area (Å²) in [5, 5.41) is 3.33. The molecular weight excluding hydrogens is 314 g/mol. The maximum Gasteiger partial charge on any atom is 0.243 e. The molecule has 7 heteroatoms. The molecule has 1 N–H and O–H groups in total. The van der Waals surface area contributed by atoms with Crippen molar-refractivity contribution in [1.82, 2.24) is 15.1 Å². The molecule has 0 atom stereocenters. The van der Waals surface area contributed by atoms with Crippen LogP contribution in [0.5, 0.6) is 0 Å². The second kappa shape index (κ2) is 6.75. The van der Waals surface area contributed by atoms with Crippen molar-refractivity contribution in [2.45, 2.75) is 31.8 Å². The summed E-state index contributed by atoms with van der Waals surface area (Å²) in [4.78, 5) is 19.7. The molecule has 0 radical (unpaired) electrons. The number of carbonyl (C=O) groups is 1. The second-order valence-electron chi connectivity index (χ2n) is 6.54. The Morgan fingerprint density at radius 2 is 2.12 bits per heavy atom. The first-order valence-electron chi connectivity index (χ1n) is 8.17. The summed E-state index contributed by atoms with van der Waals surface area (Å²) in [7, 11) is 3.38. The summed E-state index contributed by atoms with van der Waals surface area (Å²) in [5.41, 5.74) is 1.21. The quantitative estimate of drug-likeness (QED) is 0.672. The molecule has 0 unspecified atom stereocenters. The number of halogens is 2. The Morgan fingerprint density at radius 3 is 2.79 bits per heavy atom. The number of fused-ring (bicyclic) bond motifs is 1. The summed E-state index contributed by atoms with van der Waals surface area (Å²) >= 11 is 0. The molecule has 130 valence electrons. The number of guanidine groups is 1. The van der Waals surface area contributed by atoms with E-state index in [0.717, 1.165) is 18.9 Å². The zero-order chi connectivity index (χ0) is 17.3. The summed E-state index contributed by atoms with van der Waals surface area (Å²) in [6.07, 6.45) is 2.65. The molecule has 5 nitrogen and oxygen atoms in total. The van der Waals surface area contributed by atoms with Crippen LogP contribution in [0.4, 0.5) is 8.78 Å². The minimum absolute atomic E-state index is 0.0585. The maximum atomic E-state index is 13.9. The third kappa shape index (κ3) is 3.83.